The Labute approximate surface area is 139 Å². The lowest BCUT2D eigenvalue weighted by Gasteiger charge is -2.00. The Morgan fingerprint density at radius 3 is 3.09 bits per heavy atom. The van der Waals surface area contributed by atoms with E-state index in [4.69, 9.17) is 10.5 Å². The van der Waals surface area contributed by atoms with Crippen molar-refractivity contribution in [2.75, 3.05) is 23.4 Å². The van der Waals surface area contributed by atoms with Gasteiger partial charge in [-0.3, -0.25) is 4.79 Å². The summed E-state index contributed by atoms with van der Waals surface area (Å²) >= 11 is 2.60. The summed E-state index contributed by atoms with van der Waals surface area (Å²) < 4.78 is 6.41. The monoisotopic (exact) mass is 350 g/mol. The SMILES string of the molecule is CCOc1ccc2nc(NC(=O)CSc3n[nH]c(N)n3)sc2c1. The highest BCUT2D eigenvalue weighted by Crippen LogP contribution is 2.29. The van der Waals surface area contributed by atoms with Crippen molar-refractivity contribution in [3.8, 4) is 5.75 Å². The molecule has 0 saturated heterocycles. The number of aromatic amines is 1. The summed E-state index contributed by atoms with van der Waals surface area (Å²) in [5, 5.41) is 10.1. The summed E-state index contributed by atoms with van der Waals surface area (Å²) in [6.07, 6.45) is 0. The largest absolute Gasteiger partial charge is 0.494 e. The van der Waals surface area contributed by atoms with Gasteiger partial charge in [0.2, 0.25) is 17.0 Å². The topological polar surface area (TPSA) is 119 Å². The number of anilines is 2. The van der Waals surface area contributed by atoms with Crippen LogP contribution in [0.5, 0.6) is 5.75 Å². The molecule has 23 heavy (non-hydrogen) atoms. The molecule has 0 unspecified atom stereocenters. The number of carbonyl (C=O) groups is 1. The summed E-state index contributed by atoms with van der Waals surface area (Å²) in [4.78, 5) is 20.2. The molecular formula is C13H14N6O2S2. The molecule has 0 aliphatic heterocycles. The lowest BCUT2D eigenvalue weighted by Crippen LogP contribution is -2.13. The maximum Gasteiger partial charge on any atom is 0.236 e. The van der Waals surface area contributed by atoms with E-state index in [2.05, 4.69) is 25.5 Å². The average Bonchev–Trinajstić information content (AvgIpc) is 3.10. The predicted molar refractivity (Wildman–Crippen MR) is 90.9 cm³/mol. The normalized spacial score (nSPS) is 10.8. The van der Waals surface area contributed by atoms with E-state index in [1.54, 1.807) is 0 Å². The van der Waals surface area contributed by atoms with Gasteiger partial charge in [0.15, 0.2) is 5.13 Å². The summed E-state index contributed by atoms with van der Waals surface area (Å²) in [5.41, 5.74) is 6.25. The molecule has 0 spiro atoms. The Morgan fingerprint density at radius 2 is 2.35 bits per heavy atom. The van der Waals surface area contributed by atoms with Crippen molar-refractivity contribution in [1.29, 1.82) is 0 Å². The number of nitrogens with zero attached hydrogens (tertiary/aromatic N) is 3. The van der Waals surface area contributed by atoms with Crippen LogP contribution in [0.2, 0.25) is 0 Å². The number of thioether (sulfide) groups is 1. The number of benzene rings is 1. The number of hydrogen-bond donors (Lipinski definition) is 3. The number of aromatic nitrogens is 4. The van der Waals surface area contributed by atoms with Gasteiger partial charge in [0.25, 0.3) is 0 Å². The Hall–Kier alpha value is -2.33. The minimum atomic E-state index is -0.178. The van der Waals surface area contributed by atoms with Gasteiger partial charge in [-0.15, -0.1) is 5.10 Å². The van der Waals surface area contributed by atoms with E-state index in [1.807, 2.05) is 25.1 Å². The van der Waals surface area contributed by atoms with Crippen LogP contribution in [0.4, 0.5) is 11.1 Å². The van der Waals surface area contributed by atoms with Crippen molar-refractivity contribution >= 4 is 50.3 Å². The Morgan fingerprint density at radius 1 is 1.48 bits per heavy atom. The number of nitrogen functional groups attached to an aromatic ring is 1. The van der Waals surface area contributed by atoms with Crippen LogP contribution < -0.4 is 15.8 Å². The molecule has 120 valence electrons. The van der Waals surface area contributed by atoms with Crippen molar-refractivity contribution in [2.24, 2.45) is 0 Å². The van der Waals surface area contributed by atoms with Crippen LogP contribution in [-0.2, 0) is 4.79 Å². The van der Waals surface area contributed by atoms with E-state index >= 15 is 0 Å². The molecule has 10 heteroatoms. The van der Waals surface area contributed by atoms with Crippen LogP contribution in [0.1, 0.15) is 6.92 Å². The van der Waals surface area contributed by atoms with E-state index in [0.717, 1.165) is 16.0 Å². The van der Waals surface area contributed by atoms with Crippen molar-refractivity contribution < 1.29 is 9.53 Å². The van der Waals surface area contributed by atoms with E-state index in [9.17, 15) is 4.79 Å². The number of nitrogens with one attached hydrogen (secondary N) is 2. The molecule has 2 aromatic heterocycles. The molecular weight excluding hydrogens is 336 g/mol. The number of carbonyl (C=O) groups excluding carboxylic acids is 1. The number of amides is 1. The highest BCUT2D eigenvalue weighted by molar-refractivity contribution is 7.99. The first kappa shape index (κ1) is 15.6. The van der Waals surface area contributed by atoms with Gasteiger partial charge in [0.1, 0.15) is 5.75 Å². The first-order chi connectivity index (χ1) is 11.1. The van der Waals surface area contributed by atoms with Gasteiger partial charge in [0.05, 0.1) is 22.6 Å². The van der Waals surface area contributed by atoms with Gasteiger partial charge in [-0.05, 0) is 25.1 Å². The van der Waals surface area contributed by atoms with E-state index < -0.39 is 0 Å². The highest BCUT2D eigenvalue weighted by atomic mass is 32.2. The quantitative estimate of drug-likeness (QED) is 0.583. The molecule has 0 aliphatic carbocycles. The smallest absolute Gasteiger partial charge is 0.236 e. The Balaban J connectivity index is 1.62. The molecule has 0 aliphatic rings. The zero-order chi connectivity index (χ0) is 16.2. The van der Waals surface area contributed by atoms with Crippen LogP contribution in [0.3, 0.4) is 0 Å². The molecule has 0 atom stereocenters. The second-order valence-corrected chi connectivity index (χ2v) is 6.39. The lowest BCUT2D eigenvalue weighted by atomic mass is 10.3. The molecule has 0 saturated carbocycles. The standard InChI is InChI=1S/C13H14N6O2S2/c1-2-21-7-3-4-8-9(5-7)23-12(15-8)16-10(20)6-22-13-17-11(14)18-19-13/h3-5H,2,6H2,1H3,(H,15,16,20)(H3,14,17,18,19). The maximum atomic E-state index is 12.0. The third-order valence-electron chi connectivity index (χ3n) is 2.73. The summed E-state index contributed by atoms with van der Waals surface area (Å²) in [5.74, 6) is 1.02. The van der Waals surface area contributed by atoms with Gasteiger partial charge in [-0.1, -0.05) is 23.1 Å². The molecule has 1 aromatic carbocycles. The number of thiazole rings is 1. The highest BCUT2D eigenvalue weighted by Gasteiger charge is 2.10. The van der Waals surface area contributed by atoms with Gasteiger partial charge < -0.3 is 15.8 Å². The van der Waals surface area contributed by atoms with Gasteiger partial charge in [-0.25, -0.2) is 10.1 Å². The summed E-state index contributed by atoms with van der Waals surface area (Å²) in [7, 11) is 0. The number of H-pyrrole nitrogens is 1. The average molecular weight is 350 g/mol. The van der Waals surface area contributed by atoms with Gasteiger partial charge in [-0.2, -0.15) is 4.98 Å². The van der Waals surface area contributed by atoms with Crippen LogP contribution >= 0.6 is 23.1 Å². The molecule has 4 N–H and O–H groups in total. The van der Waals surface area contributed by atoms with Crippen molar-refractivity contribution in [3.63, 3.8) is 0 Å². The van der Waals surface area contributed by atoms with Gasteiger partial charge in [0, 0.05) is 0 Å². The lowest BCUT2D eigenvalue weighted by molar-refractivity contribution is -0.113. The summed E-state index contributed by atoms with van der Waals surface area (Å²) in [6.45, 7) is 2.54. The second-order valence-electron chi connectivity index (χ2n) is 4.42. The molecule has 8 nitrogen and oxygen atoms in total. The molecule has 3 aromatic rings. The Kier molecular flexibility index (Phi) is 4.63. The fourth-order valence-electron chi connectivity index (χ4n) is 1.82. The van der Waals surface area contributed by atoms with E-state index in [1.165, 1.54) is 23.1 Å². The first-order valence-corrected chi connectivity index (χ1v) is 8.58. The summed E-state index contributed by atoms with van der Waals surface area (Å²) in [6, 6.07) is 5.65. The van der Waals surface area contributed by atoms with Crippen LogP contribution in [0.25, 0.3) is 10.2 Å². The zero-order valence-corrected chi connectivity index (χ0v) is 13.8. The van der Waals surface area contributed by atoms with Crippen LogP contribution in [0, 0.1) is 0 Å². The van der Waals surface area contributed by atoms with Crippen LogP contribution in [-0.4, -0.2) is 38.4 Å². The molecule has 0 bridgehead atoms. The van der Waals surface area contributed by atoms with Crippen molar-refractivity contribution in [2.45, 2.75) is 12.1 Å². The van der Waals surface area contributed by atoms with Crippen LogP contribution in [0.15, 0.2) is 23.4 Å². The molecule has 0 fully saturated rings. The minimum Gasteiger partial charge on any atom is -0.494 e. The molecule has 0 radical (unpaired) electrons. The van der Waals surface area contributed by atoms with E-state index in [0.29, 0.717) is 16.9 Å². The first-order valence-electron chi connectivity index (χ1n) is 6.78. The number of fused-ring (bicyclic) bond motifs is 1. The third kappa shape index (κ3) is 3.90. The Bertz CT molecular complexity index is 831. The third-order valence-corrected chi connectivity index (χ3v) is 4.51. The molecule has 2 heterocycles. The van der Waals surface area contributed by atoms with Crippen molar-refractivity contribution in [1.82, 2.24) is 20.2 Å². The fourth-order valence-corrected chi connectivity index (χ4v) is 3.34. The second kappa shape index (κ2) is 6.84. The number of ether oxygens (including phenoxy) is 1. The van der Waals surface area contributed by atoms with E-state index in [-0.39, 0.29) is 17.6 Å². The predicted octanol–water partition coefficient (Wildman–Crippen LogP) is 2.13. The number of hydrogen-bond acceptors (Lipinski definition) is 8. The maximum absolute atomic E-state index is 12.0. The minimum absolute atomic E-state index is 0.178. The molecule has 3 rings (SSSR count). The zero-order valence-electron chi connectivity index (χ0n) is 12.2. The molecule has 1 amide bonds. The van der Waals surface area contributed by atoms with Crippen molar-refractivity contribution in [3.05, 3.63) is 18.2 Å². The number of nitrogens with two attached hydrogens (primary N) is 1. The fraction of sp³-hybridized carbons (Fsp3) is 0.231. The number of rotatable bonds is 6. The van der Waals surface area contributed by atoms with Gasteiger partial charge >= 0.3 is 0 Å².